The average Bonchev–Trinajstić information content (AvgIpc) is 2.79. The standard InChI is InChI=1S/C12H16N4O/c1-3-13-7-6-11-15-16-12(17-11)10-5-4-9(2)14-8-10/h4-5,8,13H,3,6-7H2,1-2H3. The monoisotopic (exact) mass is 232 g/mol. The molecule has 2 heterocycles. The van der Waals surface area contributed by atoms with E-state index in [1.807, 2.05) is 19.1 Å². The highest BCUT2D eigenvalue weighted by molar-refractivity contribution is 5.50. The fourth-order valence-electron chi connectivity index (χ4n) is 1.44. The molecule has 5 heteroatoms. The van der Waals surface area contributed by atoms with E-state index in [1.165, 1.54) is 0 Å². The molecule has 1 N–H and O–H groups in total. The first-order valence-corrected chi connectivity index (χ1v) is 5.75. The third kappa shape index (κ3) is 3.10. The molecule has 0 aliphatic carbocycles. The molecule has 0 bridgehead atoms. The lowest BCUT2D eigenvalue weighted by atomic mass is 10.2. The first-order chi connectivity index (χ1) is 8.29. The van der Waals surface area contributed by atoms with Crippen molar-refractivity contribution in [1.82, 2.24) is 20.5 Å². The number of nitrogens with one attached hydrogen (secondary N) is 1. The van der Waals surface area contributed by atoms with E-state index in [-0.39, 0.29) is 0 Å². The van der Waals surface area contributed by atoms with Gasteiger partial charge in [-0.15, -0.1) is 10.2 Å². The molecule has 0 aromatic carbocycles. The number of hydrogen-bond acceptors (Lipinski definition) is 5. The molecule has 0 saturated carbocycles. The van der Waals surface area contributed by atoms with Crippen molar-refractivity contribution >= 4 is 0 Å². The van der Waals surface area contributed by atoms with E-state index in [4.69, 9.17) is 4.42 Å². The highest BCUT2D eigenvalue weighted by atomic mass is 16.4. The molecular formula is C12H16N4O. The highest BCUT2D eigenvalue weighted by Crippen LogP contribution is 2.16. The van der Waals surface area contributed by atoms with Crippen LogP contribution in [-0.2, 0) is 6.42 Å². The summed E-state index contributed by atoms with van der Waals surface area (Å²) in [6, 6.07) is 3.86. The Balaban J connectivity index is 2.04. The summed E-state index contributed by atoms with van der Waals surface area (Å²) in [5.41, 5.74) is 1.83. The largest absolute Gasteiger partial charge is 0.421 e. The maximum atomic E-state index is 5.55. The van der Waals surface area contributed by atoms with Gasteiger partial charge in [0.1, 0.15) is 0 Å². The molecule has 2 aromatic heterocycles. The normalized spacial score (nSPS) is 10.7. The molecule has 17 heavy (non-hydrogen) atoms. The fraction of sp³-hybridized carbons (Fsp3) is 0.417. The van der Waals surface area contributed by atoms with Crippen LogP contribution in [0.4, 0.5) is 0 Å². The van der Waals surface area contributed by atoms with Crippen molar-refractivity contribution in [3.8, 4) is 11.5 Å². The first kappa shape index (κ1) is 11.7. The van der Waals surface area contributed by atoms with Gasteiger partial charge in [0.15, 0.2) is 0 Å². The van der Waals surface area contributed by atoms with Gasteiger partial charge in [-0.3, -0.25) is 4.98 Å². The molecule has 0 aliphatic rings. The summed E-state index contributed by atoms with van der Waals surface area (Å²) in [6.07, 6.45) is 2.50. The Morgan fingerprint density at radius 3 is 2.88 bits per heavy atom. The summed E-state index contributed by atoms with van der Waals surface area (Å²) >= 11 is 0. The van der Waals surface area contributed by atoms with Crippen molar-refractivity contribution in [2.24, 2.45) is 0 Å². The van der Waals surface area contributed by atoms with E-state index in [0.717, 1.165) is 30.8 Å². The molecule has 0 amide bonds. The highest BCUT2D eigenvalue weighted by Gasteiger charge is 2.08. The topological polar surface area (TPSA) is 63.8 Å². The minimum Gasteiger partial charge on any atom is -0.421 e. The lowest BCUT2D eigenvalue weighted by molar-refractivity contribution is 0.496. The molecule has 0 radical (unpaired) electrons. The van der Waals surface area contributed by atoms with Gasteiger partial charge in [0.2, 0.25) is 11.8 Å². The SMILES string of the molecule is CCNCCc1nnc(-c2ccc(C)nc2)o1. The van der Waals surface area contributed by atoms with Crippen molar-refractivity contribution in [3.63, 3.8) is 0 Å². The van der Waals surface area contributed by atoms with Gasteiger partial charge in [-0.2, -0.15) is 0 Å². The van der Waals surface area contributed by atoms with E-state index in [9.17, 15) is 0 Å². The molecule has 0 spiro atoms. The number of aryl methyl sites for hydroxylation is 1. The predicted molar refractivity (Wildman–Crippen MR) is 64.5 cm³/mol. The summed E-state index contributed by atoms with van der Waals surface area (Å²) in [5, 5.41) is 11.2. The van der Waals surface area contributed by atoms with Gasteiger partial charge in [0, 0.05) is 24.9 Å². The number of rotatable bonds is 5. The van der Waals surface area contributed by atoms with Crippen LogP contribution in [0.3, 0.4) is 0 Å². The Labute approximate surface area is 100 Å². The Hall–Kier alpha value is -1.75. The molecule has 0 unspecified atom stereocenters. The zero-order chi connectivity index (χ0) is 12.1. The van der Waals surface area contributed by atoms with Crippen molar-refractivity contribution < 1.29 is 4.42 Å². The van der Waals surface area contributed by atoms with Crippen molar-refractivity contribution in [2.75, 3.05) is 13.1 Å². The summed E-state index contributed by atoms with van der Waals surface area (Å²) < 4.78 is 5.55. The third-order valence-corrected chi connectivity index (χ3v) is 2.39. The second-order valence-corrected chi connectivity index (χ2v) is 3.79. The lowest BCUT2D eigenvalue weighted by Crippen LogP contribution is -2.16. The van der Waals surface area contributed by atoms with E-state index >= 15 is 0 Å². The summed E-state index contributed by atoms with van der Waals surface area (Å²) in [7, 11) is 0. The van der Waals surface area contributed by atoms with Gasteiger partial charge in [0.05, 0.1) is 5.56 Å². The van der Waals surface area contributed by atoms with Gasteiger partial charge >= 0.3 is 0 Å². The molecular weight excluding hydrogens is 216 g/mol. The Morgan fingerprint density at radius 2 is 2.18 bits per heavy atom. The predicted octanol–water partition coefficient (Wildman–Crippen LogP) is 1.59. The molecule has 90 valence electrons. The second kappa shape index (κ2) is 5.54. The summed E-state index contributed by atoms with van der Waals surface area (Å²) in [6.45, 7) is 5.81. The smallest absolute Gasteiger partial charge is 0.249 e. The van der Waals surface area contributed by atoms with Crippen LogP contribution in [0.25, 0.3) is 11.5 Å². The van der Waals surface area contributed by atoms with Crippen LogP contribution in [-0.4, -0.2) is 28.3 Å². The van der Waals surface area contributed by atoms with Crippen LogP contribution in [0.5, 0.6) is 0 Å². The molecule has 0 aliphatic heterocycles. The van der Waals surface area contributed by atoms with Crippen molar-refractivity contribution in [3.05, 3.63) is 29.9 Å². The Morgan fingerprint density at radius 1 is 1.29 bits per heavy atom. The Kier molecular flexibility index (Phi) is 3.82. The average molecular weight is 232 g/mol. The quantitative estimate of drug-likeness (QED) is 0.793. The molecule has 5 nitrogen and oxygen atoms in total. The number of aromatic nitrogens is 3. The fourth-order valence-corrected chi connectivity index (χ4v) is 1.44. The molecule has 0 atom stereocenters. The van der Waals surface area contributed by atoms with E-state index in [0.29, 0.717) is 11.8 Å². The third-order valence-electron chi connectivity index (χ3n) is 2.39. The van der Waals surface area contributed by atoms with Gasteiger partial charge in [-0.25, -0.2) is 0 Å². The van der Waals surface area contributed by atoms with Gasteiger partial charge in [0.25, 0.3) is 0 Å². The number of hydrogen-bond donors (Lipinski definition) is 1. The van der Waals surface area contributed by atoms with E-state index in [2.05, 4.69) is 27.4 Å². The molecule has 0 saturated heterocycles. The molecule has 2 rings (SSSR count). The minimum atomic E-state index is 0.531. The first-order valence-electron chi connectivity index (χ1n) is 5.75. The van der Waals surface area contributed by atoms with Crippen LogP contribution in [0.15, 0.2) is 22.7 Å². The van der Waals surface area contributed by atoms with Crippen LogP contribution in [0.1, 0.15) is 18.5 Å². The zero-order valence-corrected chi connectivity index (χ0v) is 10.1. The van der Waals surface area contributed by atoms with Crippen molar-refractivity contribution in [1.29, 1.82) is 0 Å². The van der Waals surface area contributed by atoms with E-state index < -0.39 is 0 Å². The molecule has 2 aromatic rings. The summed E-state index contributed by atoms with van der Waals surface area (Å²) in [4.78, 5) is 4.20. The van der Waals surface area contributed by atoms with Crippen LogP contribution in [0.2, 0.25) is 0 Å². The maximum Gasteiger partial charge on any atom is 0.249 e. The van der Waals surface area contributed by atoms with Crippen LogP contribution < -0.4 is 5.32 Å². The Bertz CT molecular complexity index is 464. The van der Waals surface area contributed by atoms with Crippen LogP contribution in [0, 0.1) is 6.92 Å². The number of pyridine rings is 1. The zero-order valence-electron chi connectivity index (χ0n) is 10.1. The van der Waals surface area contributed by atoms with Crippen molar-refractivity contribution in [2.45, 2.75) is 20.3 Å². The second-order valence-electron chi connectivity index (χ2n) is 3.79. The lowest BCUT2D eigenvalue weighted by Gasteiger charge is -1.96. The van der Waals surface area contributed by atoms with Gasteiger partial charge in [-0.05, 0) is 25.6 Å². The molecule has 0 fully saturated rings. The number of likely N-dealkylation sites (N-methyl/N-ethyl adjacent to an activating group) is 1. The van der Waals surface area contributed by atoms with E-state index in [1.54, 1.807) is 6.20 Å². The van der Waals surface area contributed by atoms with Gasteiger partial charge in [-0.1, -0.05) is 6.92 Å². The maximum absolute atomic E-state index is 5.55. The number of nitrogens with zero attached hydrogens (tertiary/aromatic N) is 3. The summed E-state index contributed by atoms with van der Waals surface area (Å²) in [5.74, 6) is 1.19. The van der Waals surface area contributed by atoms with Crippen LogP contribution >= 0.6 is 0 Å². The van der Waals surface area contributed by atoms with Gasteiger partial charge < -0.3 is 9.73 Å². The minimum absolute atomic E-state index is 0.531.